The average molecular weight is 874 g/mol. The Hall–Kier alpha value is -4.14. The molecule has 0 aliphatic carbocycles. The molecule has 2 aromatic heterocycles. The van der Waals surface area contributed by atoms with Gasteiger partial charge in [-0.15, -0.1) is 10.2 Å². The molecule has 61 heavy (non-hydrogen) atoms. The van der Waals surface area contributed by atoms with Crippen LogP contribution >= 0.6 is 11.3 Å². The molecule has 0 amide bonds. The Morgan fingerprint density at radius 1 is 1.07 bits per heavy atom. The van der Waals surface area contributed by atoms with Crippen LogP contribution in [0, 0.1) is 35.5 Å². The molecule has 18 nitrogen and oxygen atoms in total. The zero-order valence-electron chi connectivity index (χ0n) is 37.2. The third-order valence-electron chi connectivity index (χ3n) is 12.8. The highest BCUT2D eigenvalue weighted by molar-refractivity contribution is 7.14. The molecule has 5 N–H and O–H groups in total. The van der Waals surface area contributed by atoms with Crippen LogP contribution in [0.4, 0.5) is 5.82 Å². The SMILES string of the molecule is CC[C@@H]1OC(=O)[C@H](C)C(=O)[C@H](C)[C@@H](OC2O[C@H](C)C[C@H](N(C)C)[C@H]2O)[C@](C)(OC)C[C@@H](C)C(=O)[C@H](C)[C@H]2[C@H](/C(N)=N/O[C@@H](C)c3nnc(-c4ccc(N)nc4)s3)C(=O)O[C@@]21C. The van der Waals surface area contributed by atoms with Crippen molar-refractivity contribution >= 4 is 46.5 Å². The topological polar surface area (TPSA) is 250 Å². The van der Waals surface area contributed by atoms with Crippen molar-refractivity contribution < 1.29 is 52.8 Å². The number of carbonyl (C=O) groups excluding carboxylic acids is 4. The Morgan fingerprint density at radius 2 is 1.75 bits per heavy atom. The number of ether oxygens (including phenoxy) is 5. The molecule has 3 fully saturated rings. The first kappa shape index (κ1) is 47.9. The fourth-order valence-electron chi connectivity index (χ4n) is 9.23. The zero-order valence-corrected chi connectivity index (χ0v) is 38.0. The maximum Gasteiger partial charge on any atom is 0.317 e. The van der Waals surface area contributed by atoms with Gasteiger partial charge in [0.1, 0.15) is 40.7 Å². The molecular formula is C42H63N7O11S. The van der Waals surface area contributed by atoms with Gasteiger partial charge in [-0.2, -0.15) is 0 Å². The summed E-state index contributed by atoms with van der Waals surface area (Å²) in [5.41, 5.74) is 10.1. The number of carbonyl (C=O) groups is 4. The minimum atomic E-state index is -1.59. The number of nitrogens with zero attached hydrogens (tertiary/aromatic N) is 5. The number of hydrogen-bond donors (Lipinski definition) is 3. The summed E-state index contributed by atoms with van der Waals surface area (Å²) < 4.78 is 31.1. The number of aliphatic hydroxyl groups excluding tert-OH is 1. The van der Waals surface area contributed by atoms with Crippen molar-refractivity contribution in [3.8, 4) is 10.6 Å². The van der Waals surface area contributed by atoms with Gasteiger partial charge >= 0.3 is 11.9 Å². The van der Waals surface area contributed by atoms with E-state index in [1.165, 1.54) is 25.4 Å². The molecule has 5 heterocycles. The van der Waals surface area contributed by atoms with Gasteiger partial charge in [0.05, 0.1) is 17.8 Å². The molecule has 0 radical (unpaired) electrons. The zero-order chi connectivity index (χ0) is 45.3. The van der Waals surface area contributed by atoms with E-state index >= 15 is 0 Å². The quantitative estimate of drug-likeness (QED) is 0.101. The minimum Gasteiger partial charge on any atom is -0.458 e. The predicted molar refractivity (Wildman–Crippen MR) is 224 cm³/mol. The van der Waals surface area contributed by atoms with E-state index in [1.807, 2.05) is 25.9 Å². The van der Waals surface area contributed by atoms with Crippen molar-refractivity contribution in [1.29, 1.82) is 0 Å². The Bertz CT molecular complexity index is 1930. The van der Waals surface area contributed by atoms with Crippen molar-refractivity contribution in [1.82, 2.24) is 20.1 Å². The fraction of sp³-hybridized carbons (Fsp3) is 0.714. The van der Waals surface area contributed by atoms with Crippen molar-refractivity contribution in [2.75, 3.05) is 26.9 Å². The van der Waals surface area contributed by atoms with Crippen LogP contribution < -0.4 is 11.5 Å². The summed E-state index contributed by atoms with van der Waals surface area (Å²) in [6.45, 7) is 15.2. The molecule has 3 aliphatic rings. The predicted octanol–water partition coefficient (Wildman–Crippen LogP) is 3.70. The first-order chi connectivity index (χ1) is 28.6. The number of hydrogen-bond acceptors (Lipinski definition) is 18. The Kier molecular flexibility index (Phi) is 15.0. The summed E-state index contributed by atoms with van der Waals surface area (Å²) >= 11 is 1.25. The first-order valence-corrected chi connectivity index (χ1v) is 21.7. The highest BCUT2D eigenvalue weighted by Gasteiger charge is 2.63. The molecule has 1 unspecified atom stereocenters. The third-order valence-corrected chi connectivity index (χ3v) is 13.9. The van der Waals surface area contributed by atoms with E-state index in [4.69, 9.17) is 40.0 Å². The van der Waals surface area contributed by atoms with Crippen LogP contribution in [0.5, 0.6) is 0 Å². The number of nitrogens with two attached hydrogens (primary N) is 2. The van der Waals surface area contributed by atoms with Crippen LogP contribution in [0.1, 0.15) is 92.7 Å². The van der Waals surface area contributed by atoms with Gasteiger partial charge in [-0.25, -0.2) is 4.98 Å². The largest absolute Gasteiger partial charge is 0.458 e. The molecule has 15 atom stereocenters. The summed E-state index contributed by atoms with van der Waals surface area (Å²) in [4.78, 5) is 68.9. The Labute approximate surface area is 361 Å². The summed E-state index contributed by atoms with van der Waals surface area (Å²) in [7, 11) is 5.16. The number of likely N-dealkylation sites (N-methyl/N-ethyl adjacent to an activating group) is 1. The van der Waals surface area contributed by atoms with Gasteiger partial charge in [-0.05, 0) is 80.1 Å². The minimum absolute atomic E-state index is 0.0455. The second kappa shape index (κ2) is 19.1. The Morgan fingerprint density at radius 3 is 2.36 bits per heavy atom. The van der Waals surface area contributed by atoms with E-state index in [-0.39, 0.29) is 36.6 Å². The van der Waals surface area contributed by atoms with Crippen molar-refractivity contribution in [3.05, 3.63) is 23.3 Å². The van der Waals surface area contributed by atoms with Gasteiger partial charge in [-0.3, -0.25) is 19.2 Å². The molecule has 0 saturated carbocycles. The number of Topliss-reactive ketones (excluding diaryl/α,β-unsaturated/α-hetero) is 2. The second-order valence-electron chi connectivity index (χ2n) is 17.5. The van der Waals surface area contributed by atoms with E-state index in [0.717, 1.165) is 0 Å². The Balaban J connectivity index is 1.50. The fourth-order valence-corrected chi connectivity index (χ4v) is 10.0. The number of aromatic nitrogens is 3. The number of cyclic esters (lactones) is 1. The number of rotatable bonds is 10. The molecule has 19 heteroatoms. The van der Waals surface area contributed by atoms with E-state index in [0.29, 0.717) is 27.8 Å². The van der Waals surface area contributed by atoms with Gasteiger partial charge < -0.3 is 50.0 Å². The molecule has 338 valence electrons. The van der Waals surface area contributed by atoms with Crippen LogP contribution in [-0.2, 0) is 47.7 Å². The third kappa shape index (κ3) is 9.76. The number of ketones is 2. The second-order valence-corrected chi connectivity index (χ2v) is 18.5. The van der Waals surface area contributed by atoms with Gasteiger partial charge in [0.15, 0.2) is 34.6 Å². The number of pyridine rings is 1. The van der Waals surface area contributed by atoms with Crippen LogP contribution in [-0.4, -0.2) is 124 Å². The number of oxime groups is 1. The summed E-state index contributed by atoms with van der Waals surface area (Å²) in [5, 5.41) is 25.1. The number of nitrogen functional groups attached to an aromatic ring is 1. The summed E-state index contributed by atoms with van der Waals surface area (Å²) in [6, 6.07) is 3.11. The molecule has 0 aromatic carbocycles. The molecular weight excluding hydrogens is 811 g/mol. The molecule has 2 aromatic rings. The van der Waals surface area contributed by atoms with Crippen LogP contribution in [0.3, 0.4) is 0 Å². The number of aliphatic hydroxyl groups is 1. The van der Waals surface area contributed by atoms with Gasteiger partial charge in [0.25, 0.3) is 0 Å². The van der Waals surface area contributed by atoms with Crippen molar-refractivity contribution in [2.45, 2.75) is 136 Å². The lowest BCUT2D eigenvalue weighted by Crippen LogP contribution is -2.59. The lowest BCUT2D eigenvalue weighted by Gasteiger charge is -2.47. The van der Waals surface area contributed by atoms with Crippen molar-refractivity contribution in [2.24, 2.45) is 46.4 Å². The average Bonchev–Trinajstić information content (AvgIpc) is 3.82. The van der Waals surface area contributed by atoms with Crippen molar-refractivity contribution in [3.63, 3.8) is 0 Å². The smallest absolute Gasteiger partial charge is 0.317 e. The maximum atomic E-state index is 14.8. The standard InChI is InChI=1S/C42H63N7O11S/c1-13-27-42(9)30(29(39(54)59-42)35(44)48-60-24(7)36-46-47-37(61-36)25-14-15-28(43)45-18-25)21(4)31(50)19(2)17-41(8,55-12)34(22(5)32(51)23(6)38(53)57-27)58-40-33(52)26(49(10)11)16-20(3)56-40/h14-15,18-24,26-27,29-30,33-34,40,52H,13,16-17H2,1-12H3,(H2,43,45)(H2,44,48)/t19-,20-,21-,22+,23-,24+,26+,27+,29-,30+,33-,34-,40?,41-,42-/m1/s1. The number of esters is 2. The molecule has 5 rings (SSSR count). The normalized spacial score (nSPS) is 37.4. The highest BCUT2D eigenvalue weighted by atomic mass is 32.1. The first-order valence-electron chi connectivity index (χ1n) is 20.8. The van der Waals surface area contributed by atoms with Gasteiger partial charge in [0.2, 0.25) is 0 Å². The van der Waals surface area contributed by atoms with E-state index in [9.17, 15) is 24.3 Å². The van der Waals surface area contributed by atoms with Gasteiger partial charge in [-0.1, -0.05) is 44.2 Å². The number of fused-ring (bicyclic) bond motifs is 1. The molecule has 3 aliphatic heterocycles. The molecule has 0 bridgehead atoms. The number of anilines is 1. The lowest BCUT2D eigenvalue weighted by atomic mass is 9.67. The number of amidine groups is 1. The highest BCUT2D eigenvalue weighted by Crippen LogP contribution is 2.48. The van der Waals surface area contributed by atoms with E-state index in [1.54, 1.807) is 66.8 Å². The van der Waals surface area contributed by atoms with Crippen LogP contribution in [0.2, 0.25) is 0 Å². The van der Waals surface area contributed by atoms with Gasteiger partial charge in [0, 0.05) is 48.6 Å². The molecule has 3 saturated heterocycles. The van der Waals surface area contributed by atoms with Crippen LogP contribution in [0.15, 0.2) is 23.5 Å². The monoisotopic (exact) mass is 873 g/mol. The lowest BCUT2D eigenvalue weighted by molar-refractivity contribution is -0.295. The number of methoxy groups -OCH3 is 1. The maximum absolute atomic E-state index is 14.8. The summed E-state index contributed by atoms with van der Waals surface area (Å²) in [5.74, 6) is -8.60. The summed E-state index contributed by atoms with van der Waals surface area (Å²) in [6.07, 6.45) is -3.16. The van der Waals surface area contributed by atoms with Crippen LogP contribution in [0.25, 0.3) is 10.6 Å². The van der Waals surface area contributed by atoms with E-state index < -0.39 is 95.1 Å². The van der Waals surface area contributed by atoms with E-state index in [2.05, 4.69) is 20.3 Å². The molecule has 0 spiro atoms.